The zero-order chi connectivity index (χ0) is 30.0. The summed E-state index contributed by atoms with van der Waals surface area (Å²) in [5, 5.41) is 3.21. The van der Waals surface area contributed by atoms with Crippen LogP contribution in [0.1, 0.15) is 49.7 Å². The molecule has 1 aliphatic carbocycles. The summed E-state index contributed by atoms with van der Waals surface area (Å²) in [5.74, 6) is 0.287. The molecule has 3 aromatic carbocycles. The Balaban J connectivity index is 1.55. The van der Waals surface area contributed by atoms with E-state index in [9.17, 15) is 18.0 Å². The third-order valence-electron chi connectivity index (χ3n) is 7.68. The maximum atomic E-state index is 13.9. The molecule has 2 amide bonds. The van der Waals surface area contributed by atoms with E-state index in [1.165, 1.54) is 4.31 Å². The number of amides is 2. The summed E-state index contributed by atoms with van der Waals surface area (Å²) in [5.41, 5.74) is 2.40. The van der Waals surface area contributed by atoms with Crippen LogP contribution in [0.2, 0.25) is 0 Å². The molecule has 0 heterocycles. The van der Waals surface area contributed by atoms with Crippen molar-refractivity contribution >= 4 is 27.5 Å². The van der Waals surface area contributed by atoms with E-state index in [1.54, 1.807) is 36.3 Å². The van der Waals surface area contributed by atoms with E-state index in [0.29, 0.717) is 24.3 Å². The predicted octanol–water partition coefficient (Wildman–Crippen LogP) is 4.94. The summed E-state index contributed by atoms with van der Waals surface area (Å²) in [6.07, 6.45) is 6.01. The molecule has 0 radical (unpaired) electrons. The van der Waals surface area contributed by atoms with Gasteiger partial charge in [-0.1, -0.05) is 73.5 Å². The monoisotopic (exact) mass is 591 g/mol. The van der Waals surface area contributed by atoms with Crippen LogP contribution in [0.3, 0.4) is 0 Å². The minimum absolute atomic E-state index is 0.0943. The van der Waals surface area contributed by atoms with E-state index in [1.807, 2.05) is 60.7 Å². The molecular formula is C33H41N3O5S. The minimum atomic E-state index is -3.58. The fourth-order valence-corrected chi connectivity index (χ4v) is 6.42. The van der Waals surface area contributed by atoms with Crippen LogP contribution in [-0.4, -0.2) is 57.1 Å². The van der Waals surface area contributed by atoms with Crippen LogP contribution in [0.5, 0.6) is 5.75 Å². The van der Waals surface area contributed by atoms with Gasteiger partial charge in [-0.3, -0.25) is 13.9 Å². The SMILES string of the molecule is COc1ccc(N(CCCC(=O)N(Cc2ccccc2)[C@@H](Cc2ccccc2)C(=O)NC2CCCC2)S(C)(=O)=O)cc1. The Morgan fingerprint density at radius 3 is 2.07 bits per heavy atom. The molecular weight excluding hydrogens is 550 g/mol. The Morgan fingerprint density at radius 2 is 1.50 bits per heavy atom. The minimum Gasteiger partial charge on any atom is -0.497 e. The molecule has 4 rings (SSSR count). The third kappa shape index (κ3) is 8.82. The molecule has 0 saturated heterocycles. The van der Waals surface area contributed by atoms with E-state index in [0.717, 1.165) is 43.1 Å². The highest BCUT2D eigenvalue weighted by atomic mass is 32.2. The Kier molecular flexibility index (Phi) is 11.0. The van der Waals surface area contributed by atoms with Gasteiger partial charge in [-0.05, 0) is 54.7 Å². The fourth-order valence-electron chi connectivity index (χ4n) is 5.45. The number of ether oxygens (including phenoxy) is 1. The van der Waals surface area contributed by atoms with Crippen LogP contribution in [0, 0.1) is 0 Å². The van der Waals surface area contributed by atoms with Crippen LogP contribution < -0.4 is 14.4 Å². The number of nitrogens with zero attached hydrogens (tertiary/aromatic N) is 2. The van der Waals surface area contributed by atoms with E-state index in [4.69, 9.17) is 4.74 Å². The number of carbonyl (C=O) groups is 2. The second kappa shape index (κ2) is 14.9. The normalized spacial score (nSPS) is 14.2. The first kappa shape index (κ1) is 31.1. The molecule has 0 aliphatic heterocycles. The summed E-state index contributed by atoms with van der Waals surface area (Å²) in [7, 11) is -2.03. The summed E-state index contributed by atoms with van der Waals surface area (Å²) >= 11 is 0. The Labute approximate surface area is 249 Å². The number of hydrogen-bond acceptors (Lipinski definition) is 5. The van der Waals surface area contributed by atoms with Crippen molar-refractivity contribution < 1.29 is 22.7 Å². The van der Waals surface area contributed by atoms with Crippen LogP contribution in [-0.2, 0) is 32.6 Å². The Morgan fingerprint density at radius 1 is 0.905 bits per heavy atom. The van der Waals surface area contributed by atoms with E-state index in [-0.39, 0.29) is 37.4 Å². The van der Waals surface area contributed by atoms with E-state index >= 15 is 0 Å². The van der Waals surface area contributed by atoms with Crippen molar-refractivity contribution in [2.75, 3.05) is 24.2 Å². The number of anilines is 1. The molecule has 1 N–H and O–H groups in total. The molecule has 0 bridgehead atoms. The van der Waals surface area contributed by atoms with Crippen molar-refractivity contribution in [2.45, 2.75) is 63.6 Å². The van der Waals surface area contributed by atoms with Gasteiger partial charge in [0, 0.05) is 32.0 Å². The van der Waals surface area contributed by atoms with Crippen LogP contribution >= 0.6 is 0 Å². The summed E-state index contributed by atoms with van der Waals surface area (Å²) < 4.78 is 31.8. The number of nitrogens with one attached hydrogen (secondary N) is 1. The lowest BCUT2D eigenvalue weighted by atomic mass is 10.0. The zero-order valence-corrected chi connectivity index (χ0v) is 25.3. The Hall–Kier alpha value is -3.85. The largest absolute Gasteiger partial charge is 0.497 e. The molecule has 0 spiro atoms. The summed E-state index contributed by atoms with van der Waals surface area (Å²) in [6.45, 7) is 0.414. The van der Waals surface area contributed by atoms with Crippen LogP contribution in [0.15, 0.2) is 84.9 Å². The fraction of sp³-hybridized carbons (Fsp3) is 0.394. The van der Waals surface area contributed by atoms with E-state index in [2.05, 4.69) is 5.32 Å². The lowest BCUT2D eigenvalue weighted by Crippen LogP contribution is -2.52. The smallest absolute Gasteiger partial charge is 0.243 e. The molecule has 8 nitrogen and oxygen atoms in total. The van der Waals surface area contributed by atoms with Gasteiger partial charge in [-0.2, -0.15) is 0 Å². The van der Waals surface area contributed by atoms with Gasteiger partial charge in [-0.25, -0.2) is 8.42 Å². The standard InChI is InChI=1S/C33H41N3O5S/c1-41-30-21-19-29(20-22-30)36(42(2,39)40)23-11-18-32(37)35(25-27-14-7-4-8-15-27)31(24-26-12-5-3-6-13-26)33(38)34-28-16-9-10-17-28/h3-8,12-15,19-22,28,31H,9-11,16-18,23-25H2,1-2H3,(H,34,38)/t31-/m0/s1. The molecule has 1 aliphatic rings. The molecule has 224 valence electrons. The molecule has 0 aromatic heterocycles. The average Bonchev–Trinajstić information content (AvgIpc) is 3.50. The molecule has 1 saturated carbocycles. The van der Waals surface area contributed by atoms with Gasteiger partial charge in [0.25, 0.3) is 0 Å². The molecule has 1 fully saturated rings. The van der Waals surface area contributed by atoms with Crippen molar-refractivity contribution in [1.82, 2.24) is 10.2 Å². The van der Waals surface area contributed by atoms with Gasteiger partial charge in [0.05, 0.1) is 19.1 Å². The number of benzene rings is 3. The van der Waals surface area contributed by atoms with Gasteiger partial charge >= 0.3 is 0 Å². The van der Waals surface area contributed by atoms with Crippen molar-refractivity contribution in [1.29, 1.82) is 0 Å². The van der Waals surface area contributed by atoms with Gasteiger partial charge < -0.3 is 15.0 Å². The van der Waals surface area contributed by atoms with Gasteiger partial charge in [-0.15, -0.1) is 0 Å². The second-order valence-corrected chi connectivity index (χ2v) is 12.7. The number of carbonyl (C=O) groups excluding carboxylic acids is 2. The first-order valence-corrected chi connectivity index (χ1v) is 16.4. The van der Waals surface area contributed by atoms with Gasteiger partial charge in [0.1, 0.15) is 11.8 Å². The summed E-state index contributed by atoms with van der Waals surface area (Å²) in [6, 6.07) is 25.6. The molecule has 42 heavy (non-hydrogen) atoms. The van der Waals surface area contributed by atoms with E-state index < -0.39 is 16.1 Å². The highest BCUT2D eigenvalue weighted by Gasteiger charge is 2.32. The molecule has 0 unspecified atom stereocenters. The lowest BCUT2D eigenvalue weighted by molar-refractivity contribution is -0.141. The predicted molar refractivity (Wildman–Crippen MR) is 166 cm³/mol. The summed E-state index contributed by atoms with van der Waals surface area (Å²) in [4.78, 5) is 29.4. The van der Waals surface area contributed by atoms with Gasteiger partial charge in [0.15, 0.2) is 0 Å². The van der Waals surface area contributed by atoms with Crippen LogP contribution in [0.25, 0.3) is 0 Å². The number of sulfonamides is 1. The highest BCUT2D eigenvalue weighted by molar-refractivity contribution is 7.92. The average molecular weight is 592 g/mol. The number of methoxy groups -OCH3 is 1. The van der Waals surface area contributed by atoms with Crippen molar-refractivity contribution in [3.05, 3.63) is 96.1 Å². The third-order valence-corrected chi connectivity index (χ3v) is 8.88. The molecule has 3 aromatic rings. The van der Waals surface area contributed by atoms with Gasteiger partial charge in [0.2, 0.25) is 21.8 Å². The number of hydrogen-bond donors (Lipinski definition) is 1. The van der Waals surface area contributed by atoms with Crippen LogP contribution in [0.4, 0.5) is 5.69 Å². The van der Waals surface area contributed by atoms with Crippen molar-refractivity contribution in [3.63, 3.8) is 0 Å². The van der Waals surface area contributed by atoms with Crippen molar-refractivity contribution in [3.8, 4) is 5.75 Å². The highest BCUT2D eigenvalue weighted by Crippen LogP contribution is 2.23. The maximum absolute atomic E-state index is 13.9. The number of rotatable bonds is 14. The quantitative estimate of drug-likeness (QED) is 0.287. The maximum Gasteiger partial charge on any atom is 0.243 e. The van der Waals surface area contributed by atoms with Crippen molar-refractivity contribution in [2.24, 2.45) is 0 Å². The molecule has 1 atom stereocenters. The first-order chi connectivity index (χ1) is 20.2. The Bertz CT molecular complexity index is 1390. The lowest BCUT2D eigenvalue weighted by Gasteiger charge is -2.33. The molecule has 9 heteroatoms. The zero-order valence-electron chi connectivity index (χ0n) is 24.4. The topological polar surface area (TPSA) is 96.0 Å². The second-order valence-electron chi connectivity index (χ2n) is 10.8. The first-order valence-electron chi connectivity index (χ1n) is 14.5.